The highest BCUT2D eigenvalue weighted by atomic mass is 16.5. The van der Waals surface area contributed by atoms with Gasteiger partial charge in [0.2, 0.25) is 5.91 Å². The van der Waals surface area contributed by atoms with E-state index in [1.165, 1.54) is 4.90 Å². The summed E-state index contributed by atoms with van der Waals surface area (Å²) in [6, 6.07) is 6.46. The van der Waals surface area contributed by atoms with Crippen LogP contribution in [0.25, 0.3) is 0 Å². The lowest BCUT2D eigenvalue weighted by molar-refractivity contribution is -0.152. The van der Waals surface area contributed by atoms with Crippen LogP contribution in [0.4, 0.5) is 5.69 Å². The van der Waals surface area contributed by atoms with Crippen molar-refractivity contribution in [3.63, 3.8) is 0 Å². The topological polar surface area (TPSA) is 87.2 Å². The Morgan fingerprint density at radius 1 is 1.28 bits per heavy atom. The molecule has 0 spiro atoms. The summed E-state index contributed by atoms with van der Waals surface area (Å²) in [6.07, 6.45) is 1.60. The first-order chi connectivity index (χ1) is 12.0. The fourth-order valence-electron chi connectivity index (χ4n) is 3.43. The molecule has 2 aliphatic rings. The van der Waals surface area contributed by atoms with Crippen LogP contribution in [0.3, 0.4) is 0 Å². The second kappa shape index (κ2) is 7.13. The number of carboxylic acids is 1. The van der Waals surface area contributed by atoms with Gasteiger partial charge in [0.1, 0.15) is 11.8 Å². The van der Waals surface area contributed by atoms with Crippen LogP contribution >= 0.6 is 0 Å². The second-order valence-corrected chi connectivity index (χ2v) is 6.40. The number of carbonyl (C=O) groups is 3. The van der Waals surface area contributed by atoms with Gasteiger partial charge < -0.3 is 19.6 Å². The number of ether oxygens (including phenoxy) is 1. The quantitative estimate of drug-likeness (QED) is 0.896. The van der Waals surface area contributed by atoms with Crippen molar-refractivity contribution in [3.05, 3.63) is 24.3 Å². The minimum Gasteiger partial charge on any atom is -0.480 e. The number of carbonyl (C=O) groups excluding carboxylic acids is 2. The van der Waals surface area contributed by atoms with Crippen molar-refractivity contribution < 1.29 is 24.2 Å². The molecule has 7 nitrogen and oxygen atoms in total. The number of hydrogen-bond donors (Lipinski definition) is 1. The van der Waals surface area contributed by atoms with Crippen LogP contribution in [0.2, 0.25) is 0 Å². The van der Waals surface area contributed by atoms with Gasteiger partial charge in [-0.25, -0.2) is 4.79 Å². The Balaban J connectivity index is 1.71. The fourth-order valence-corrected chi connectivity index (χ4v) is 3.43. The Labute approximate surface area is 146 Å². The molecule has 0 aliphatic carbocycles. The van der Waals surface area contributed by atoms with E-state index >= 15 is 0 Å². The fraction of sp³-hybridized carbons (Fsp3) is 0.500. The monoisotopic (exact) mass is 346 g/mol. The van der Waals surface area contributed by atoms with Crippen molar-refractivity contribution in [2.45, 2.75) is 44.8 Å². The molecule has 2 atom stereocenters. The number of benzene rings is 1. The number of amides is 2. The number of aliphatic carboxylic acids is 1. The Bertz CT molecular complexity index is 690. The van der Waals surface area contributed by atoms with E-state index in [9.17, 15) is 19.5 Å². The maximum absolute atomic E-state index is 12.5. The van der Waals surface area contributed by atoms with E-state index in [1.54, 1.807) is 24.0 Å². The van der Waals surface area contributed by atoms with Crippen molar-refractivity contribution in [1.29, 1.82) is 0 Å². The number of fused-ring (bicyclic) bond motifs is 1. The molecule has 2 amide bonds. The van der Waals surface area contributed by atoms with Gasteiger partial charge in [-0.15, -0.1) is 0 Å². The molecule has 1 fully saturated rings. The predicted octanol–water partition coefficient (Wildman–Crippen LogP) is 1.66. The molecule has 2 aliphatic heterocycles. The van der Waals surface area contributed by atoms with E-state index in [0.717, 1.165) is 12.8 Å². The third kappa shape index (κ3) is 3.45. The molecule has 1 aromatic rings. The molecule has 1 unspecified atom stereocenters. The third-order valence-electron chi connectivity index (χ3n) is 4.73. The Hall–Kier alpha value is -2.57. The normalized spacial score (nSPS) is 23.0. The molecular formula is C18H22N2O5. The van der Waals surface area contributed by atoms with Crippen molar-refractivity contribution in [1.82, 2.24) is 4.90 Å². The number of anilines is 1. The highest BCUT2D eigenvalue weighted by Gasteiger charge is 2.34. The summed E-state index contributed by atoms with van der Waals surface area (Å²) in [6.45, 7) is 2.35. The van der Waals surface area contributed by atoms with Gasteiger partial charge in [0, 0.05) is 19.5 Å². The first-order valence-electron chi connectivity index (χ1n) is 8.58. The maximum Gasteiger partial charge on any atom is 0.326 e. The smallest absolute Gasteiger partial charge is 0.326 e. The number of likely N-dealkylation sites (tertiary alicyclic amines) is 1. The molecule has 0 bridgehead atoms. The molecule has 1 N–H and O–H groups in total. The summed E-state index contributed by atoms with van der Waals surface area (Å²) in [5.74, 6) is -0.769. The minimum absolute atomic E-state index is 0.0938. The van der Waals surface area contributed by atoms with Crippen molar-refractivity contribution in [2.24, 2.45) is 0 Å². The van der Waals surface area contributed by atoms with Crippen LogP contribution in [0.15, 0.2) is 24.3 Å². The zero-order valence-corrected chi connectivity index (χ0v) is 14.2. The summed E-state index contributed by atoms with van der Waals surface area (Å²) in [7, 11) is 0. The molecule has 134 valence electrons. The van der Waals surface area contributed by atoms with Crippen LogP contribution in [0, 0.1) is 0 Å². The molecule has 0 aromatic heterocycles. The van der Waals surface area contributed by atoms with Crippen molar-refractivity contribution >= 4 is 23.5 Å². The highest BCUT2D eigenvalue weighted by molar-refractivity contribution is 6.00. The van der Waals surface area contributed by atoms with Gasteiger partial charge in [-0.2, -0.15) is 0 Å². The molecule has 0 saturated carbocycles. The molecule has 1 aromatic carbocycles. The molecule has 2 heterocycles. The summed E-state index contributed by atoms with van der Waals surface area (Å²) >= 11 is 0. The first-order valence-corrected chi connectivity index (χ1v) is 8.58. The summed E-state index contributed by atoms with van der Waals surface area (Å²) < 4.78 is 5.58. The van der Waals surface area contributed by atoms with E-state index < -0.39 is 18.1 Å². The van der Waals surface area contributed by atoms with Gasteiger partial charge in [0.15, 0.2) is 6.10 Å². The third-order valence-corrected chi connectivity index (χ3v) is 4.73. The average Bonchev–Trinajstić information content (AvgIpc) is 2.62. The van der Waals surface area contributed by atoms with Crippen LogP contribution < -0.4 is 9.64 Å². The SMILES string of the molecule is CC1Oc2ccccc2N(CCC(=O)N2CCCC[C@@H]2C(=O)O)C1=O. The summed E-state index contributed by atoms with van der Waals surface area (Å²) in [5.41, 5.74) is 0.645. The maximum atomic E-state index is 12.5. The lowest BCUT2D eigenvalue weighted by Gasteiger charge is -2.35. The van der Waals surface area contributed by atoms with Crippen LogP contribution in [0.5, 0.6) is 5.75 Å². The molecule has 1 saturated heterocycles. The van der Waals surface area contributed by atoms with E-state index in [4.69, 9.17) is 4.74 Å². The number of hydrogen-bond acceptors (Lipinski definition) is 4. The van der Waals surface area contributed by atoms with Crippen LogP contribution in [-0.2, 0) is 14.4 Å². The Morgan fingerprint density at radius 3 is 2.80 bits per heavy atom. The predicted molar refractivity (Wildman–Crippen MR) is 90.5 cm³/mol. The molecule has 0 radical (unpaired) electrons. The summed E-state index contributed by atoms with van der Waals surface area (Å²) in [5, 5.41) is 9.31. The Kier molecular flexibility index (Phi) is 4.92. The zero-order chi connectivity index (χ0) is 18.0. The largest absolute Gasteiger partial charge is 0.480 e. The van der Waals surface area contributed by atoms with Gasteiger partial charge in [0.05, 0.1) is 5.69 Å². The summed E-state index contributed by atoms with van der Waals surface area (Å²) in [4.78, 5) is 39.3. The van der Waals surface area contributed by atoms with E-state index in [-0.39, 0.29) is 24.8 Å². The number of nitrogens with zero attached hydrogens (tertiary/aromatic N) is 2. The zero-order valence-electron chi connectivity index (χ0n) is 14.2. The minimum atomic E-state index is -0.963. The molecular weight excluding hydrogens is 324 g/mol. The number of para-hydroxylation sites is 2. The van der Waals surface area contributed by atoms with Gasteiger partial charge in [-0.3, -0.25) is 9.59 Å². The van der Waals surface area contributed by atoms with Crippen LogP contribution in [-0.4, -0.2) is 53.0 Å². The van der Waals surface area contributed by atoms with Crippen molar-refractivity contribution in [3.8, 4) is 5.75 Å². The number of rotatable bonds is 4. The number of carboxylic acid groups (broad SMARTS) is 1. The molecule has 25 heavy (non-hydrogen) atoms. The first kappa shape index (κ1) is 17.3. The second-order valence-electron chi connectivity index (χ2n) is 6.40. The lowest BCUT2D eigenvalue weighted by Crippen LogP contribution is -2.50. The van der Waals surface area contributed by atoms with Crippen LogP contribution in [0.1, 0.15) is 32.6 Å². The highest BCUT2D eigenvalue weighted by Crippen LogP contribution is 2.33. The molecule has 7 heteroatoms. The van der Waals surface area contributed by atoms with E-state index in [2.05, 4.69) is 0 Å². The average molecular weight is 346 g/mol. The molecule has 3 rings (SSSR count). The van der Waals surface area contributed by atoms with E-state index in [1.807, 2.05) is 12.1 Å². The van der Waals surface area contributed by atoms with Gasteiger partial charge >= 0.3 is 5.97 Å². The van der Waals surface area contributed by atoms with Gasteiger partial charge in [-0.1, -0.05) is 12.1 Å². The van der Waals surface area contributed by atoms with E-state index in [0.29, 0.717) is 24.4 Å². The van der Waals surface area contributed by atoms with Gasteiger partial charge in [-0.05, 0) is 38.3 Å². The Morgan fingerprint density at radius 2 is 2.04 bits per heavy atom. The van der Waals surface area contributed by atoms with Crippen molar-refractivity contribution in [2.75, 3.05) is 18.0 Å². The standard InChI is InChI=1S/C18H22N2O5/c1-12-17(22)20(13-6-2-3-8-15(13)25-12)11-9-16(21)19-10-5-4-7-14(19)18(23)24/h2-3,6,8,12,14H,4-5,7,9-11H2,1H3,(H,23,24)/t12?,14-/m1/s1. The lowest BCUT2D eigenvalue weighted by atomic mass is 10.0. The number of piperidine rings is 1. The van der Waals surface area contributed by atoms with Gasteiger partial charge in [0.25, 0.3) is 5.91 Å².